The van der Waals surface area contributed by atoms with Crippen molar-refractivity contribution in [1.29, 1.82) is 0 Å². The lowest BCUT2D eigenvalue weighted by Crippen LogP contribution is -2.00. The monoisotopic (exact) mass is 334 g/mol. The van der Waals surface area contributed by atoms with Crippen LogP contribution in [0.2, 0.25) is 0 Å². The number of anilines is 2. The molecule has 0 saturated heterocycles. The topological polar surface area (TPSA) is 58.2 Å². The number of hydrogen-bond donors (Lipinski definition) is 2. The summed E-state index contributed by atoms with van der Waals surface area (Å²) in [6.07, 6.45) is 3.86. The normalized spacial score (nSPS) is 10.5. The summed E-state index contributed by atoms with van der Waals surface area (Å²) in [5, 5.41) is 3.73. The first-order valence-corrected chi connectivity index (χ1v) is 7.10. The van der Waals surface area contributed by atoms with Gasteiger partial charge in [-0.05, 0) is 58.6 Å². The van der Waals surface area contributed by atoms with E-state index in [1.165, 1.54) is 0 Å². The minimum atomic E-state index is -0.618. The van der Waals surface area contributed by atoms with Crippen molar-refractivity contribution in [3.05, 3.63) is 59.7 Å². The van der Waals surface area contributed by atoms with E-state index in [2.05, 4.69) is 10.6 Å². The van der Waals surface area contributed by atoms with Gasteiger partial charge in [0.2, 0.25) is 0 Å². The summed E-state index contributed by atoms with van der Waals surface area (Å²) in [5.74, 6) is 0. The second-order valence-corrected chi connectivity index (χ2v) is 5.06. The van der Waals surface area contributed by atoms with Crippen molar-refractivity contribution in [1.82, 2.24) is 0 Å². The molecule has 0 fully saturated rings. The molecule has 0 radical (unpaired) electrons. The SMILES string of the molecule is O=C(Cl)Nc1ccc(C=Cc2ccc(NC(=O)Cl)cc2)cc1. The van der Waals surface area contributed by atoms with Gasteiger partial charge in [0, 0.05) is 11.4 Å². The second kappa shape index (κ2) is 7.64. The Morgan fingerprint density at radius 1 is 0.682 bits per heavy atom. The molecule has 6 heteroatoms. The molecule has 0 aliphatic rings. The van der Waals surface area contributed by atoms with Crippen molar-refractivity contribution in [3.8, 4) is 0 Å². The van der Waals surface area contributed by atoms with Gasteiger partial charge in [-0.2, -0.15) is 0 Å². The van der Waals surface area contributed by atoms with Crippen LogP contribution in [0.3, 0.4) is 0 Å². The van der Waals surface area contributed by atoms with Gasteiger partial charge >= 0.3 is 10.7 Å². The van der Waals surface area contributed by atoms with Gasteiger partial charge in [-0.3, -0.25) is 9.59 Å². The summed E-state index contributed by atoms with van der Waals surface area (Å²) >= 11 is 10.5. The number of hydrogen-bond acceptors (Lipinski definition) is 2. The van der Waals surface area contributed by atoms with Crippen LogP contribution in [0, 0.1) is 0 Å². The van der Waals surface area contributed by atoms with Crippen molar-refractivity contribution < 1.29 is 9.59 Å². The van der Waals surface area contributed by atoms with E-state index in [1.807, 2.05) is 36.4 Å². The van der Waals surface area contributed by atoms with Crippen LogP contribution in [0.15, 0.2) is 48.5 Å². The van der Waals surface area contributed by atoms with Crippen LogP contribution in [0.25, 0.3) is 12.2 Å². The molecule has 2 aromatic carbocycles. The van der Waals surface area contributed by atoms with Crippen LogP contribution in [0.5, 0.6) is 0 Å². The number of halogens is 2. The van der Waals surface area contributed by atoms with Crippen molar-refractivity contribution in [3.63, 3.8) is 0 Å². The Kier molecular flexibility index (Phi) is 5.58. The first-order valence-electron chi connectivity index (χ1n) is 6.34. The highest BCUT2D eigenvalue weighted by molar-refractivity contribution is 6.66. The van der Waals surface area contributed by atoms with Crippen molar-refractivity contribution in [2.75, 3.05) is 10.6 Å². The van der Waals surface area contributed by atoms with Crippen molar-refractivity contribution >= 4 is 57.5 Å². The fourth-order valence-corrected chi connectivity index (χ4v) is 1.99. The zero-order valence-electron chi connectivity index (χ0n) is 11.3. The largest absolute Gasteiger partial charge is 0.318 e. The van der Waals surface area contributed by atoms with E-state index < -0.39 is 10.7 Å². The zero-order valence-corrected chi connectivity index (χ0v) is 12.9. The van der Waals surface area contributed by atoms with E-state index in [-0.39, 0.29) is 0 Å². The smallest absolute Gasteiger partial charge is 0.312 e. The minimum Gasteiger partial charge on any atom is -0.312 e. The molecule has 0 aromatic heterocycles. The van der Waals surface area contributed by atoms with E-state index in [9.17, 15) is 9.59 Å². The lowest BCUT2D eigenvalue weighted by Gasteiger charge is -2.02. The van der Waals surface area contributed by atoms with Crippen LogP contribution in [0.1, 0.15) is 11.1 Å². The number of nitrogens with one attached hydrogen (secondary N) is 2. The van der Waals surface area contributed by atoms with E-state index >= 15 is 0 Å². The molecule has 0 aliphatic carbocycles. The van der Waals surface area contributed by atoms with Crippen LogP contribution < -0.4 is 10.6 Å². The van der Waals surface area contributed by atoms with E-state index in [4.69, 9.17) is 23.2 Å². The molecule has 22 heavy (non-hydrogen) atoms. The van der Waals surface area contributed by atoms with Crippen molar-refractivity contribution in [2.24, 2.45) is 0 Å². The molecule has 4 nitrogen and oxygen atoms in total. The first kappa shape index (κ1) is 16.1. The lowest BCUT2D eigenvalue weighted by atomic mass is 10.1. The van der Waals surface area contributed by atoms with E-state index in [0.29, 0.717) is 11.4 Å². The molecule has 0 unspecified atom stereocenters. The van der Waals surface area contributed by atoms with Crippen molar-refractivity contribution in [2.45, 2.75) is 0 Å². The summed E-state index contributed by atoms with van der Waals surface area (Å²) in [4.78, 5) is 21.4. The van der Waals surface area contributed by atoms with E-state index in [0.717, 1.165) is 11.1 Å². The van der Waals surface area contributed by atoms with Crippen LogP contribution >= 0.6 is 23.2 Å². The molecule has 0 bridgehead atoms. The van der Waals surface area contributed by atoms with Gasteiger partial charge in [-0.1, -0.05) is 36.4 Å². The average molecular weight is 335 g/mol. The predicted octanol–water partition coefficient (Wildman–Crippen LogP) is 5.40. The minimum absolute atomic E-state index is 0.618. The highest BCUT2D eigenvalue weighted by Crippen LogP contribution is 2.15. The Hall–Kier alpha value is -2.30. The summed E-state index contributed by atoms with van der Waals surface area (Å²) in [6.45, 7) is 0. The number of amides is 2. The lowest BCUT2D eigenvalue weighted by molar-refractivity contribution is 0.268. The molecule has 2 N–H and O–H groups in total. The molecular formula is C16H12Cl2N2O2. The third-order valence-electron chi connectivity index (χ3n) is 2.77. The van der Waals surface area contributed by atoms with Gasteiger partial charge in [0.15, 0.2) is 0 Å². The Morgan fingerprint density at radius 2 is 1.00 bits per heavy atom. The Bertz CT molecular complexity index is 634. The molecule has 0 saturated carbocycles. The van der Waals surface area contributed by atoms with Gasteiger partial charge in [0.1, 0.15) is 0 Å². The zero-order chi connectivity index (χ0) is 15.9. The Labute approximate surface area is 137 Å². The maximum Gasteiger partial charge on any atom is 0.318 e. The quantitative estimate of drug-likeness (QED) is 0.447. The van der Waals surface area contributed by atoms with Gasteiger partial charge in [-0.15, -0.1) is 0 Å². The molecule has 0 spiro atoms. The number of benzene rings is 2. The van der Waals surface area contributed by atoms with Crippen LogP contribution in [-0.2, 0) is 0 Å². The summed E-state index contributed by atoms with van der Waals surface area (Å²) in [5.41, 5.74) is 3.23. The number of carbonyl (C=O) groups is 2. The highest BCUT2D eigenvalue weighted by Gasteiger charge is 1.97. The molecule has 0 heterocycles. The van der Waals surface area contributed by atoms with Gasteiger partial charge in [-0.25, -0.2) is 0 Å². The summed E-state index contributed by atoms with van der Waals surface area (Å²) < 4.78 is 0. The molecule has 112 valence electrons. The molecule has 2 rings (SSSR count). The third kappa shape index (κ3) is 5.24. The van der Waals surface area contributed by atoms with E-state index in [1.54, 1.807) is 24.3 Å². The maximum absolute atomic E-state index is 10.7. The summed E-state index contributed by atoms with van der Waals surface area (Å²) in [6, 6.07) is 14.5. The molecule has 0 atom stereocenters. The maximum atomic E-state index is 10.7. The fraction of sp³-hybridized carbons (Fsp3) is 0. The van der Waals surface area contributed by atoms with Crippen LogP contribution in [0.4, 0.5) is 21.0 Å². The number of rotatable bonds is 4. The average Bonchev–Trinajstić information content (AvgIpc) is 2.47. The molecule has 2 amide bonds. The fourth-order valence-electron chi connectivity index (χ4n) is 1.77. The van der Waals surface area contributed by atoms with Gasteiger partial charge in [0.05, 0.1) is 0 Å². The predicted molar refractivity (Wildman–Crippen MR) is 91.6 cm³/mol. The molecule has 2 aromatic rings. The van der Waals surface area contributed by atoms with Crippen LogP contribution in [-0.4, -0.2) is 10.7 Å². The number of carbonyl (C=O) groups excluding carboxylic acids is 2. The molecule has 0 aliphatic heterocycles. The second-order valence-electron chi connectivity index (χ2n) is 4.37. The summed E-state index contributed by atoms with van der Waals surface area (Å²) in [7, 11) is 0. The Balaban J connectivity index is 2.01. The molecular weight excluding hydrogens is 323 g/mol. The van der Waals surface area contributed by atoms with Gasteiger partial charge < -0.3 is 10.6 Å². The third-order valence-corrected chi connectivity index (χ3v) is 2.96. The van der Waals surface area contributed by atoms with Gasteiger partial charge in [0.25, 0.3) is 0 Å². The Morgan fingerprint density at radius 3 is 1.27 bits per heavy atom. The standard InChI is InChI=1S/C16H12Cl2N2O2/c17-15(21)19-13-7-3-11(4-8-13)1-2-12-5-9-14(10-6-12)20-16(18)22/h1-10H,(H,19,21)(H,20,22). The first-order chi connectivity index (χ1) is 10.5. The highest BCUT2D eigenvalue weighted by atomic mass is 35.5.